The van der Waals surface area contributed by atoms with E-state index < -0.39 is 17.5 Å². The number of hydrogen-bond acceptors (Lipinski definition) is 2. The van der Waals surface area contributed by atoms with Crippen molar-refractivity contribution in [3.05, 3.63) is 35.1 Å². The van der Waals surface area contributed by atoms with Crippen LogP contribution in [0.25, 0.3) is 0 Å². The van der Waals surface area contributed by atoms with Gasteiger partial charge in [-0.15, -0.1) is 0 Å². The number of halogens is 3. The van der Waals surface area contributed by atoms with Gasteiger partial charge in [-0.2, -0.15) is 0 Å². The van der Waals surface area contributed by atoms with E-state index in [4.69, 9.17) is 0 Å². The van der Waals surface area contributed by atoms with Crippen LogP contribution >= 0.6 is 0 Å². The molecule has 1 aromatic rings. The van der Waals surface area contributed by atoms with E-state index in [0.29, 0.717) is 6.54 Å². The summed E-state index contributed by atoms with van der Waals surface area (Å²) in [5.41, 5.74) is -0.0768. The van der Waals surface area contributed by atoms with Gasteiger partial charge < -0.3 is 10.2 Å². The average molecular weight is 260 g/mol. The SMILES string of the molecule is CN(C)CCC(=O)NCc1ccc(F)c(F)c1F. The number of carbonyl (C=O) groups excluding carboxylic acids is 1. The van der Waals surface area contributed by atoms with Crippen molar-refractivity contribution in [3.63, 3.8) is 0 Å². The van der Waals surface area contributed by atoms with Crippen LogP contribution in [0.1, 0.15) is 12.0 Å². The molecule has 0 aliphatic carbocycles. The van der Waals surface area contributed by atoms with E-state index in [1.54, 1.807) is 0 Å². The zero-order chi connectivity index (χ0) is 13.7. The number of hydrogen-bond donors (Lipinski definition) is 1. The zero-order valence-corrected chi connectivity index (χ0v) is 10.3. The van der Waals surface area contributed by atoms with Crippen LogP contribution in [0, 0.1) is 17.5 Å². The maximum absolute atomic E-state index is 13.3. The summed E-state index contributed by atoms with van der Waals surface area (Å²) in [6.45, 7) is 0.404. The van der Waals surface area contributed by atoms with Crippen LogP contribution in [-0.2, 0) is 11.3 Å². The van der Waals surface area contributed by atoms with Gasteiger partial charge >= 0.3 is 0 Å². The molecule has 0 aliphatic rings. The molecule has 18 heavy (non-hydrogen) atoms. The number of nitrogens with one attached hydrogen (secondary N) is 1. The first-order chi connectivity index (χ1) is 8.41. The lowest BCUT2D eigenvalue weighted by Gasteiger charge is -2.10. The third kappa shape index (κ3) is 4.03. The van der Waals surface area contributed by atoms with Crippen molar-refractivity contribution in [3.8, 4) is 0 Å². The molecule has 0 unspecified atom stereocenters. The first-order valence-corrected chi connectivity index (χ1v) is 5.45. The lowest BCUT2D eigenvalue weighted by atomic mass is 10.2. The molecule has 1 amide bonds. The third-order valence-electron chi connectivity index (χ3n) is 2.38. The number of amides is 1. The van der Waals surface area contributed by atoms with Gasteiger partial charge in [0.25, 0.3) is 0 Å². The fourth-order valence-corrected chi connectivity index (χ4v) is 1.31. The van der Waals surface area contributed by atoms with Crippen molar-refractivity contribution in [2.75, 3.05) is 20.6 Å². The molecule has 0 spiro atoms. The van der Waals surface area contributed by atoms with Crippen LogP contribution < -0.4 is 5.32 Å². The van der Waals surface area contributed by atoms with Gasteiger partial charge in [0.1, 0.15) is 0 Å². The molecule has 0 heterocycles. The molecule has 1 aromatic carbocycles. The second-order valence-corrected chi connectivity index (χ2v) is 4.16. The number of nitrogens with zero attached hydrogens (tertiary/aromatic N) is 1. The number of benzene rings is 1. The minimum atomic E-state index is -1.52. The first kappa shape index (κ1) is 14.5. The summed E-state index contributed by atoms with van der Waals surface area (Å²) in [6, 6.07) is 1.94. The lowest BCUT2D eigenvalue weighted by Crippen LogP contribution is -2.27. The summed E-state index contributed by atoms with van der Waals surface area (Å²) in [7, 11) is 3.64. The zero-order valence-electron chi connectivity index (χ0n) is 10.3. The molecule has 1 rings (SSSR count). The van der Waals surface area contributed by atoms with Gasteiger partial charge in [-0.05, 0) is 20.2 Å². The van der Waals surface area contributed by atoms with Crippen molar-refractivity contribution in [2.45, 2.75) is 13.0 Å². The van der Waals surface area contributed by atoms with Gasteiger partial charge in [-0.25, -0.2) is 13.2 Å². The molecule has 0 atom stereocenters. The van der Waals surface area contributed by atoms with Gasteiger partial charge in [0.2, 0.25) is 5.91 Å². The van der Waals surface area contributed by atoms with Crippen molar-refractivity contribution < 1.29 is 18.0 Å². The molecule has 6 heteroatoms. The molecule has 0 bridgehead atoms. The highest BCUT2D eigenvalue weighted by atomic mass is 19.2. The van der Waals surface area contributed by atoms with Crippen molar-refractivity contribution in [1.82, 2.24) is 10.2 Å². The van der Waals surface area contributed by atoms with Crippen LogP contribution in [0.3, 0.4) is 0 Å². The first-order valence-electron chi connectivity index (χ1n) is 5.45. The Kier molecular flexibility index (Phi) is 5.15. The van der Waals surface area contributed by atoms with Crippen LogP contribution in [0.5, 0.6) is 0 Å². The monoisotopic (exact) mass is 260 g/mol. The Labute approximate surface area is 104 Å². The maximum Gasteiger partial charge on any atom is 0.221 e. The van der Waals surface area contributed by atoms with E-state index in [9.17, 15) is 18.0 Å². The van der Waals surface area contributed by atoms with Crippen molar-refractivity contribution in [1.29, 1.82) is 0 Å². The predicted molar refractivity (Wildman–Crippen MR) is 61.3 cm³/mol. The fourth-order valence-electron chi connectivity index (χ4n) is 1.31. The Morgan fingerprint density at radius 2 is 1.89 bits per heavy atom. The Bertz CT molecular complexity index is 436. The molecule has 1 N–H and O–H groups in total. The van der Waals surface area contributed by atoms with E-state index in [-0.39, 0.29) is 24.4 Å². The van der Waals surface area contributed by atoms with Crippen LogP contribution in [0.4, 0.5) is 13.2 Å². The number of rotatable bonds is 5. The molecular weight excluding hydrogens is 245 g/mol. The molecule has 0 saturated carbocycles. The van der Waals surface area contributed by atoms with E-state index >= 15 is 0 Å². The van der Waals surface area contributed by atoms with E-state index in [1.807, 2.05) is 19.0 Å². The van der Waals surface area contributed by atoms with Gasteiger partial charge in [0.15, 0.2) is 17.5 Å². The van der Waals surface area contributed by atoms with Gasteiger partial charge in [-0.3, -0.25) is 4.79 Å². The molecule has 0 aromatic heterocycles. The minimum absolute atomic E-state index is 0.0768. The van der Waals surface area contributed by atoms with Crippen LogP contribution in [-0.4, -0.2) is 31.4 Å². The van der Waals surface area contributed by atoms with Crippen LogP contribution in [0.15, 0.2) is 12.1 Å². The molecular formula is C12H15F3N2O. The number of carbonyl (C=O) groups is 1. The lowest BCUT2D eigenvalue weighted by molar-refractivity contribution is -0.121. The molecule has 0 saturated heterocycles. The minimum Gasteiger partial charge on any atom is -0.352 e. The highest BCUT2D eigenvalue weighted by Crippen LogP contribution is 2.14. The van der Waals surface area contributed by atoms with E-state index in [1.165, 1.54) is 0 Å². The topological polar surface area (TPSA) is 32.3 Å². The summed E-state index contributed by atoms with van der Waals surface area (Å²) in [4.78, 5) is 13.2. The molecule has 0 fully saturated rings. The standard InChI is InChI=1S/C12H15F3N2O/c1-17(2)6-5-10(18)16-7-8-3-4-9(13)12(15)11(8)14/h3-4H,5-7H2,1-2H3,(H,16,18). The Morgan fingerprint density at radius 1 is 1.22 bits per heavy atom. The van der Waals surface area contributed by atoms with Crippen molar-refractivity contribution >= 4 is 5.91 Å². The largest absolute Gasteiger partial charge is 0.352 e. The highest BCUT2D eigenvalue weighted by molar-refractivity contribution is 5.76. The summed E-state index contributed by atoms with van der Waals surface area (Å²) >= 11 is 0. The third-order valence-corrected chi connectivity index (χ3v) is 2.38. The summed E-state index contributed by atoms with van der Waals surface area (Å²) in [6.07, 6.45) is 0.262. The van der Waals surface area contributed by atoms with Crippen molar-refractivity contribution in [2.24, 2.45) is 0 Å². The summed E-state index contributed by atoms with van der Waals surface area (Å²) in [5.74, 6) is -4.29. The second-order valence-electron chi connectivity index (χ2n) is 4.16. The molecule has 3 nitrogen and oxygen atoms in total. The van der Waals surface area contributed by atoms with Gasteiger partial charge in [0, 0.05) is 25.1 Å². The van der Waals surface area contributed by atoms with Crippen LogP contribution in [0.2, 0.25) is 0 Å². The Balaban J connectivity index is 2.54. The Hall–Kier alpha value is -1.56. The normalized spacial score (nSPS) is 10.8. The van der Waals surface area contributed by atoms with E-state index in [2.05, 4.69) is 5.32 Å². The second kappa shape index (κ2) is 6.39. The Morgan fingerprint density at radius 3 is 2.50 bits per heavy atom. The average Bonchev–Trinajstić information content (AvgIpc) is 2.32. The molecule has 100 valence electrons. The predicted octanol–water partition coefficient (Wildman–Crippen LogP) is 1.67. The molecule has 0 radical (unpaired) electrons. The van der Waals surface area contributed by atoms with E-state index in [0.717, 1.165) is 12.1 Å². The quantitative estimate of drug-likeness (QED) is 0.817. The molecule has 0 aliphatic heterocycles. The smallest absolute Gasteiger partial charge is 0.221 e. The summed E-state index contributed by atoms with van der Waals surface area (Å²) in [5, 5.41) is 2.45. The van der Waals surface area contributed by atoms with Gasteiger partial charge in [-0.1, -0.05) is 6.07 Å². The van der Waals surface area contributed by atoms with Gasteiger partial charge in [0.05, 0.1) is 0 Å². The summed E-state index contributed by atoms with van der Waals surface area (Å²) < 4.78 is 38.8. The maximum atomic E-state index is 13.3. The fraction of sp³-hybridized carbons (Fsp3) is 0.417. The highest BCUT2D eigenvalue weighted by Gasteiger charge is 2.13.